The van der Waals surface area contributed by atoms with E-state index in [9.17, 15) is 13.5 Å². The minimum atomic E-state index is -3.63. The maximum atomic E-state index is 11.6. The van der Waals surface area contributed by atoms with Gasteiger partial charge in [0.15, 0.2) is 0 Å². The monoisotopic (exact) mass is 216 g/mol. The molecule has 5 nitrogen and oxygen atoms in total. The van der Waals surface area contributed by atoms with E-state index in [-0.39, 0.29) is 10.6 Å². The molecule has 0 saturated heterocycles. The van der Waals surface area contributed by atoms with Crippen LogP contribution in [0, 0.1) is 0 Å². The molecule has 0 aliphatic carbocycles. The Labute approximate surface area is 82.8 Å². The highest BCUT2D eigenvalue weighted by molar-refractivity contribution is 7.89. The number of nitrogens with zero attached hydrogens (tertiary/aromatic N) is 1. The lowest BCUT2D eigenvalue weighted by Gasteiger charge is -2.12. The molecular weight excluding hydrogens is 204 g/mol. The molecule has 0 heterocycles. The smallest absolute Gasteiger partial charge is 0.246 e. The van der Waals surface area contributed by atoms with Gasteiger partial charge in [-0.15, -0.1) is 0 Å². The van der Waals surface area contributed by atoms with Crippen molar-refractivity contribution < 1.29 is 13.5 Å². The van der Waals surface area contributed by atoms with Crippen molar-refractivity contribution in [2.45, 2.75) is 4.90 Å². The molecule has 0 aromatic heterocycles. The maximum absolute atomic E-state index is 11.6. The van der Waals surface area contributed by atoms with Crippen molar-refractivity contribution in [1.29, 1.82) is 0 Å². The molecule has 1 aromatic rings. The zero-order valence-corrected chi connectivity index (χ0v) is 8.75. The molecule has 0 spiro atoms. The first-order valence-electron chi connectivity index (χ1n) is 3.86. The van der Waals surface area contributed by atoms with Gasteiger partial charge < -0.3 is 10.8 Å². The number of nitrogens with two attached hydrogens (primary N) is 1. The normalized spacial score (nSPS) is 11.9. The summed E-state index contributed by atoms with van der Waals surface area (Å²) in [6.45, 7) is 0. The summed E-state index contributed by atoms with van der Waals surface area (Å²) in [5.41, 5.74) is 5.72. The Kier molecular flexibility index (Phi) is 2.68. The van der Waals surface area contributed by atoms with E-state index >= 15 is 0 Å². The molecule has 3 N–H and O–H groups in total. The highest BCUT2D eigenvalue weighted by atomic mass is 32.2. The van der Waals surface area contributed by atoms with Crippen LogP contribution in [-0.4, -0.2) is 31.9 Å². The van der Waals surface area contributed by atoms with E-state index in [0.29, 0.717) is 5.69 Å². The topological polar surface area (TPSA) is 83.6 Å². The summed E-state index contributed by atoms with van der Waals surface area (Å²) in [7, 11) is -0.853. The second kappa shape index (κ2) is 3.47. The van der Waals surface area contributed by atoms with Crippen molar-refractivity contribution in [2.75, 3.05) is 19.8 Å². The summed E-state index contributed by atoms with van der Waals surface area (Å²) >= 11 is 0. The molecule has 0 fully saturated rings. The standard InChI is InChI=1S/C8H12N2O3S/c1-10(2)14(12,13)8-5-6(9)3-4-7(8)11/h3-5,11H,9H2,1-2H3. The first-order chi connectivity index (χ1) is 6.35. The highest BCUT2D eigenvalue weighted by Crippen LogP contribution is 2.26. The van der Waals surface area contributed by atoms with Crippen molar-refractivity contribution in [3.05, 3.63) is 18.2 Å². The van der Waals surface area contributed by atoms with Gasteiger partial charge in [-0.05, 0) is 18.2 Å². The third-order valence-electron chi connectivity index (χ3n) is 1.74. The van der Waals surface area contributed by atoms with E-state index in [0.717, 1.165) is 4.31 Å². The number of benzene rings is 1. The fraction of sp³-hybridized carbons (Fsp3) is 0.250. The van der Waals surface area contributed by atoms with Crippen LogP contribution in [0.4, 0.5) is 5.69 Å². The number of sulfonamides is 1. The molecule has 1 aromatic carbocycles. The minimum Gasteiger partial charge on any atom is -0.507 e. The Morgan fingerprint density at radius 3 is 2.43 bits per heavy atom. The Morgan fingerprint density at radius 1 is 1.36 bits per heavy atom. The van der Waals surface area contributed by atoms with Crippen molar-refractivity contribution >= 4 is 15.7 Å². The van der Waals surface area contributed by atoms with Crippen LogP contribution in [0.3, 0.4) is 0 Å². The molecule has 78 valence electrons. The molecule has 14 heavy (non-hydrogen) atoms. The Hall–Kier alpha value is -1.27. The van der Waals surface area contributed by atoms with Gasteiger partial charge in [-0.2, -0.15) is 0 Å². The molecule has 0 amide bonds. The van der Waals surface area contributed by atoms with E-state index in [1.54, 1.807) is 0 Å². The van der Waals surface area contributed by atoms with Crippen molar-refractivity contribution in [3.8, 4) is 5.75 Å². The van der Waals surface area contributed by atoms with Gasteiger partial charge in [0.1, 0.15) is 10.6 Å². The van der Waals surface area contributed by atoms with Crippen LogP contribution >= 0.6 is 0 Å². The Balaban J connectivity index is 3.40. The fourth-order valence-corrected chi connectivity index (χ4v) is 1.94. The minimum absolute atomic E-state index is 0.178. The third-order valence-corrected chi connectivity index (χ3v) is 3.59. The molecule has 0 aliphatic heterocycles. The van der Waals surface area contributed by atoms with Crippen molar-refractivity contribution in [3.63, 3.8) is 0 Å². The van der Waals surface area contributed by atoms with Gasteiger partial charge in [0.05, 0.1) is 0 Å². The lowest BCUT2D eigenvalue weighted by molar-refractivity contribution is 0.452. The summed E-state index contributed by atoms with van der Waals surface area (Å²) in [5.74, 6) is -0.298. The van der Waals surface area contributed by atoms with E-state index in [4.69, 9.17) is 5.73 Å². The van der Waals surface area contributed by atoms with Gasteiger partial charge in [0.25, 0.3) is 0 Å². The summed E-state index contributed by atoms with van der Waals surface area (Å²) in [4.78, 5) is -0.178. The van der Waals surface area contributed by atoms with Gasteiger partial charge in [0.2, 0.25) is 10.0 Å². The summed E-state index contributed by atoms with van der Waals surface area (Å²) < 4.78 is 24.2. The zero-order valence-electron chi connectivity index (χ0n) is 7.93. The first-order valence-corrected chi connectivity index (χ1v) is 5.30. The van der Waals surface area contributed by atoms with E-state index in [2.05, 4.69) is 0 Å². The van der Waals surface area contributed by atoms with Crippen LogP contribution in [0.1, 0.15) is 0 Å². The van der Waals surface area contributed by atoms with E-state index in [1.807, 2.05) is 0 Å². The molecule has 1 rings (SSSR count). The van der Waals surface area contributed by atoms with E-state index in [1.165, 1.54) is 32.3 Å². The molecule has 0 saturated carbocycles. The number of hydrogen-bond acceptors (Lipinski definition) is 4. The molecule has 0 aliphatic rings. The van der Waals surface area contributed by atoms with Gasteiger partial charge >= 0.3 is 0 Å². The van der Waals surface area contributed by atoms with Crippen LogP contribution in [0.5, 0.6) is 5.75 Å². The largest absolute Gasteiger partial charge is 0.507 e. The van der Waals surface area contributed by atoms with Crippen molar-refractivity contribution in [1.82, 2.24) is 4.31 Å². The average Bonchev–Trinajstić information content (AvgIpc) is 2.08. The first kappa shape index (κ1) is 10.8. The Morgan fingerprint density at radius 2 is 1.93 bits per heavy atom. The highest BCUT2D eigenvalue weighted by Gasteiger charge is 2.21. The number of phenols is 1. The lowest BCUT2D eigenvalue weighted by Crippen LogP contribution is -2.22. The number of anilines is 1. The zero-order chi connectivity index (χ0) is 10.9. The summed E-state index contributed by atoms with van der Waals surface area (Å²) in [6, 6.07) is 3.92. The Bertz CT molecular complexity index is 440. The van der Waals surface area contributed by atoms with Crippen LogP contribution in [-0.2, 0) is 10.0 Å². The van der Waals surface area contributed by atoms with Gasteiger partial charge in [-0.1, -0.05) is 0 Å². The quantitative estimate of drug-likeness (QED) is 0.547. The number of phenolic OH excluding ortho intramolecular Hbond substituents is 1. The van der Waals surface area contributed by atoms with Crippen molar-refractivity contribution in [2.24, 2.45) is 0 Å². The SMILES string of the molecule is CN(C)S(=O)(=O)c1cc(N)ccc1O. The second-order valence-corrected chi connectivity index (χ2v) is 5.13. The molecule has 0 unspecified atom stereocenters. The van der Waals surface area contributed by atoms with Crippen LogP contribution in [0.15, 0.2) is 23.1 Å². The summed E-state index contributed by atoms with van der Waals surface area (Å²) in [6.07, 6.45) is 0. The van der Waals surface area contributed by atoms with Crippen LogP contribution in [0.2, 0.25) is 0 Å². The molecule has 6 heteroatoms. The molecular formula is C8H12N2O3S. The predicted molar refractivity (Wildman–Crippen MR) is 53.4 cm³/mol. The van der Waals surface area contributed by atoms with E-state index < -0.39 is 10.0 Å². The number of rotatable bonds is 2. The van der Waals surface area contributed by atoms with Gasteiger partial charge in [0, 0.05) is 19.8 Å². The molecule has 0 atom stereocenters. The number of nitrogen functional groups attached to an aromatic ring is 1. The summed E-state index contributed by atoms with van der Waals surface area (Å²) in [5, 5.41) is 9.36. The number of aromatic hydroxyl groups is 1. The molecule has 0 radical (unpaired) electrons. The van der Waals surface area contributed by atoms with Crippen LogP contribution < -0.4 is 5.73 Å². The third kappa shape index (κ3) is 1.80. The van der Waals surface area contributed by atoms with Gasteiger partial charge in [-0.3, -0.25) is 0 Å². The second-order valence-electron chi connectivity index (χ2n) is 3.01. The van der Waals surface area contributed by atoms with Gasteiger partial charge in [-0.25, -0.2) is 12.7 Å². The average molecular weight is 216 g/mol. The maximum Gasteiger partial charge on any atom is 0.246 e. The fourth-order valence-electron chi connectivity index (χ4n) is 0.934. The molecule has 0 bridgehead atoms. The lowest BCUT2D eigenvalue weighted by atomic mass is 10.3. The van der Waals surface area contributed by atoms with Crippen LogP contribution in [0.25, 0.3) is 0 Å². The predicted octanol–water partition coefficient (Wildman–Crippen LogP) is 0.225. The number of hydrogen-bond donors (Lipinski definition) is 2.